The van der Waals surface area contributed by atoms with Crippen molar-refractivity contribution in [2.75, 3.05) is 6.54 Å². The van der Waals surface area contributed by atoms with E-state index in [1.165, 1.54) is 36.0 Å². The van der Waals surface area contributed by atoms with Crippen molar-refractivity contribution in [2.24, 2.45) is 5.92 Å². The van der Waals surface area contributed by atoms with Gasteiger partial charge < -0.3 is 0 Å². The van der Waals surface area contributed by atoms with E-state index >= 15 is 0 Å². The molecule has 0 unspecified atom stereocenters. The average molecular weight is 336 g/mol. The first-order valence-corrected chi connectivity index (χ1v) is 9.57. The number of hydrogen-bond acceptors (Lipinski definition) is 1. The van der Waals surface area contributed by atoms with Crippen molar-refractivity contribution in [1.82, 2.24) is 4.90 Å². The molecule has 1 atom stereocenters. The normalized spacial score (nSPS) is 12.2. The van der Waals surface area contributed by atoms with Gasteiger partial charge in [-0.15, -0.1) is 0 Å². The molecular weight excluding hydrogens is 302 g/mol. The SMILES string of the molecule is CC(C)=CCC[C@H](C)CCN(Cc1ccccc1)Cc1ccccc1. The number of hydrogen-bond donors (Lipinski definition) is 0. The molecule has 0 radical (unpaired) electrons. The zero-order valence-corrected chi connectivity index (χ0v) is 16.1. The summed E-state index contributed by atoms with van der Waals surface area (Å²) >= 11 is 0. The first kappa shape index (κ1) is 19.5. The molecule has 0 N–H and O–H groups in total. The highest BCUT2D eigenvalue weighted by molar-refractivity contribution is 5.17. The summed E-state index contributed by atoms with van der Waals surface area (Å²) in [4.78, 5) is 2.59. The molecule has 1 nitrogen and oxygen atoms in total. The lowest BCUT2D eigenvalue weighted by Gasteiger charge is -2.24. The topological polar surface area (TPSA) is 3.24 Å². The molecule has 0 amide bonds. The summed E-state index contributed by atoms with van der Waals surface area (Å²) in [5.41, 5.74) is 4.23. The molecule has 2 aromatic carbocycles. The van der Waals surface area contributed by atoms with Crippen LogP contribution in [0.25, 0.3) is 0 Å². The Morgan fingerprint density at radius 2 is 1.36 bits per heavy atom. The van der Waals surface area contributed by atoms with E-state index in [1.54, 1.807) is 0 Å². The lowest BCUT2D eigenvalue weighted by molar-refractivity contribution is 0.236. The van der Waals surface area contributed by atoms with Gasteiger partial charge in [0.2, 0.25) is 0 Å². The Morgan fingerprint density at radius 1 is 0.840 bits per heavy atom. The molecule has 2 rings (SSSR count). The van der Waals surface area contributed by atoms with Crippen LogP contribution in [0.3, 0.4) is 0 Å². The van der Waals surface area contributed by atoms with Gasteiger partial charge >= 0.3 is 0 Å². The average Bonchev–Trinajstić information content (AvgIpc) is 2.61. The predicted octanol–water partition coefficient (Wildman–Crippen LogP) is 6.46. The lowest BCUT2D eigenvalue weighted by Crippen LogP contribution is -2.25. The summed E-state index contributed by atoms with van der Waals surface area (Å²) < 4.78 is 0. The maximum absolute atomic E-state index is 2.59. The second kappa shape index (κ2) is 10.9. The largest absolute Gasteiger partial charge is 0.295 e. The molecule has 0 aliphatic rings. The lowest BCUT2D eigenvalue weighted by atomic mass is 10.0. The van der Waals surface area contributed by atoms with Crippen LogP contribution in [0.15, 0.2) is 72.3 Å². The van der Waals surface area contributed by atoms with Crippen molar-refractivity contribution >= 4 is 0 Å². The van der Waals surface area contributed by atoms with E-state index in [2.05, 4.69) is 92.4 Å². The summed E-state index contributed by atoms with van der Waals surface area (Å²) in [5.74, 6) is 0.768. The monoisotopic (exact) mass is 335 g/mol. The first-order chi connectivity index (χ1) is 12.1. The molecule has 0 aliphatic carbocycles. The highest BCUT2D eigenvalue weighted by Crippen LogP contribution is 2.16. The van der Waals surface area contributed by atoms with E-state index < -0.39 is 0 Å². The molecule has 0 saturated heterocycles. The third-order valence-electron chi connectivity index (χ3n) is 4.65. The van der Waals surface area contributed by atoms with Gasteiger partial charge in [-0.05, 0) is 56.7 Å². The molecule has 0 fully saturated rings. The highest BCUT2D eigenvalue weighted by Gasteiger charge is 2.10. The van der Waals surface area contributed by atoms with E-state index in [0.29, 0.717) is 0 Å². The minimum atomic E-state index is 0.768. The van der Waals surface area contributed by atoms with Crippen molar-refractivity contribution in [3.05, 3.63) is 83.4 Å². The number of nitrogens with zero attached hydrogens (tertiary/aromatic N) is 1. The summed E-state index contributed by atoms with van der Waals surface area (Å²) in [5, 5.41) is 0. The van der Waals surface area contributed by atoms with E-state index in [4.69, 9.17) is 0 Å². The molecular formula is C24H33N. The van der Waals surface area contributed by atoms with Gasteiger partial charge in [0.1, 0.15) is 0 Å². The van der Waals surface area contributed by atoms with Crippen LogP contribution in [0.4, 0.5) is 0 Å². The van der Waals surface area contributed by atoms with Crippen molar-refractivity contribution in [2.45, 2.75) is 53.1 Å². The Hall–Kier alpha value is -1.86. The second-order valence-electron chi connectivity index (χ2n) is 7.43. The van der Waals surface area contributed by atoms with Gasteiger partial charge in [-0.1, -0.05) is 79.2 Å². The molecule has 0 spiro atoms. The Morgan fingerprint density at radius 3 is 1.84 bits per heavy atom. The highest BCUT2D eigenvalue weighted by atomic mass is 15.1. The molecule has 25 heavy (non-hydrogen) atoms. The van der Waals surface area contributed by atoms with E-state index in [9.17, 15) is 0 Å². The summed E-state index contributed by atoms with van der Waals surface area (Å²) in [6, 6.07) is 21.7. The summed E-state index contributed by atoms with van der Waals surface area (Å²) in [6.07, 6.45) is 6.12. The Labute approximate surface area is 154 Å². The van der Waals surface area contributed by atoms with Gasteiger partial charge in [0.25, 0.3) is 0 Å². The molecule has 0 bridgehead atoms. The van der Waals surface area contributed by atoms with Crippen LogP contribution in [-0.4, -0.2) is 11.4 Å². The fourth-order valence-electron chi connectivity index (χ4n) is 3.10. The van der Waals surface area contributed by atoms with Crippen LogP contribution < -0.4 is 0 Å². The van der Waals surface area contributed by atoms with Gasteiger partial charge in [-0.2, -0.15) is 0 Å². The molecule has 0 saturated carbocycles. The van der Waals surface area contributed by atoms with Crippen LogP contribution in [0.2, 0.25) is 0 Å². The Balaban J connectivity index is 1.90. The maximum atomic E-state index is 2.59. The van der Waals surface area contributed by atoms with Gasteiger partial charge in [0.15, 0.2) is 0 Å². The number of rotatable bonds is 10. The van der Waals surface area contributed by atoms with Crippen LogP contribution in [-0.2, 0) is 13.1 Å². The van der Waals surface area contributed by atoms with E-state index in [1.807, 2.05) is 0 Å². The van der Waals surface area contributed by atoms with Crippen molar-refractivity contribution < 1.29 is 0 Å². The fraction of sp³-hybridized carbons (Fsp3) is 0.417. The van der Waals surface area contributed by atoms with Crippen LogP contribution in [0.1, 0.15) is 51.2 Å². The predicted molar refractivity (Wildman–Crippen MR) is 109 cm³/mol. The standard InChI is InChI=1S/C24H33N/c1-21(2)11-10-12-22(3)17-18-25(19-23-13-6-4-7-14-23)20-24-15-8-5-9-16-24/h4-9,11,13-16,22H,10,12,17-20H2,1-3H3/t22-/m0/s1. The zero-order chi connectivity index (χ0) is 17.9. The third-order valence-corrected chi connectivity index (χ3v) is 4.65. The van der Waals surface area contributed by atoms with Crippen molar-refractivity contribution in [3.8, 4) is 0 Å². The molecule has 0 aromatic heterocycles. The molecule has 0 heterocycles. The molecule has 1 heteroatoms. The number of allylic oxidation sites excluding steroid dienone is 2. The second-order valence-corrected chi connectivity index (χ2v) is 7.43. The van der Waals surface area contributed by atoms with Crippen molar-refractivity contribution in [3.63, 3.8) is 0 Å². The van der Waals surface area contributed by atoms with Crippen LogP contribution >= 0.6 is 0 Å². The zero-order valence-electron chi connectivity index (χ0n) is 16.1. The minimum Gasteiger partial charge on any atom is -0.295 e. The molecule has 134 valence electrons. The Kier molecular flexibility index (Phi) is 8.48. The van der Waals surface area contributed by atoms with Gasteiger partial charge in [0, 0.05) is 13.1 Å². The van der Waals surface area contributed by atoms with Crippen LogP contribution in [0, 0.1) is 5.92 Å². The molecule has 2 aromatic rings. The minimum absolute atomic E-state index is 0.768. The number of benzene rings is 2. The van der Waals surface area contributed by atoms with E-state index in [0.717, 1.165) is 25.6 Å². The van der Waals surface area contributed by atoms with Crippen molar-refractivity contribution in [1.29, 1.82) is 0 Å². The maximum Gasteiger partial charge on any atom is 0.0237 e. The van der Waals surface area contributed by atoms with Gasteiger partial charge in [-0.25, -0.2) is 0 Å². The smallest absolute Gasteiger partial charge is 0.0237 e. The van der Waals surface area contributed by atoms with Gasteiger partial charge in [-0.3, -0.25) is 4.90 Å². The van der Waals surface area contributed by atoms with Gasteiger partial charge in [0.05, 0.1) is 0 Å². The quantitative estimate of drug-likeness (QED) is 0.450. The van der Waals surface area contributed by atoms with Crippen LogP contribution in [0.5, 0.6) is 0 Å². The summed E-state index contributed by atoms with van der Waals surface area (Å²) in [7, 11) is 0. The fourth-order valence-corrected chi connectivity index (χ4v) is 3.10. The first-order valence-electron chi connectivity index (χ1n) is 9.57. The summed E-state index contributed by atoms with van der Waals surface area (Å²) in [6.45, 7) is 9.97. The third kappa shape index (κ3) is 8.18. The Bertz CT molecular complexity index is 570. The van der Waals surface area contributed by atoms with E-state index in [-0.39, 0.29) is 0 Å². The molecule has 0 aliphatic heterocycles.